The minimum atomic E-state index is -4.63. The largest absolute Gasteiger partial charge is 0.573 e. The quantitative estimate of drug-likeness (QED) is 0.881. The van der Waals surface area contributed by atoms with Crippen LogP contribution in [0.25, 0.3) is 0 Å². The van der Waals surface area contributed by atoms with Crippen molar-refractivity contribution in [2.24, 2.45) is 5.92 Å². The summed E-state index contributed by atoms with van der Waals surface area (Å²) in [5.41, 5.74) is 0.951. The van der Waals surface area contributed by atoms with Crippen LogP contribution in [0.15, 0.2) is 24.3 Å². The Morgan fingerprint density at radius 2 is 2.10 bits per heavy atom. The van der Waals surface area contributed by atoms with Gasteiger partial charge in [-0.3, -0.25) is 0 Å². The van der Waals surface area contributed by atoms with Crippen LogP contribution in [0.4, 0.5) is 13.2 Å². The molecular weight excluding hydrogens is 267 g/mol. The van der Waals surface area contributed by atoms with Crippen molar-refractivity contribution in [3.05, 3.63) is 29.8 Å². The molecular formula is C15H20F3NO. The van der Waals surface area contributed by atoms with E-state index >= 15 is 0 Å². The van der Waals surface area contributed by atoms with Crippen molar-refractivity contribution in [2.75, 3.05) is 13.1 Å². The molecule has 0 aliphatic heterocycles. The average Bonchev–Trinajstić information content (AvgIpc) is 2.83. The van der Waals surface area contributed by atoms with Gasteiger partial charge in [0.25, 0.3) is 0 Å². The molecule has 1 N–H and O–H groups in total. The van der Waals surface area contributed by atoms with E-state index in [0.717, 1.165) is 37.9 Å². The van der Waals surface area contributed by atoms with Crippen molar-refractivity contribution in [3.8, 4) is 5.75 Å². The third kappa shape index (κ3) is 4.13. The number of halogens is 3. The summed E-state index contributed by atoms with van der Waals surface area (Å²) in [7, 11) is 0. The van der Waals surface area contributed by atoms with Crippen molar-refractivity contribution in [1.82, 2.24) is 5.32 Å². The fourth-order valence-corrected chi connectivity index (χ4v) is 2.99. The first kappa shape index (κ1) is 15.2. The predicted molar refractivity (Wildman–Crippen MR) is 71.8 cm³/mol. The summed E-state index contributed by atoms with van der Waals surface area (Å²) in [6, 6.07) is 6.42. The average molecular weight is 287 g/mol. The van der Waals surface area contributed by atoms with E-state index in [2.05, 4.69) is 17.0 Å². The lowest BCUT2D eigenvalue weighted by atomic mass is 9.89. The Morgan fingerprint density at radius 1 is 1.30 bits per heavy atom. The van der Waals surface area contributed by atoms with Gasteiger partial charge in [0.1, 0.15) is 5.75 Å². The summed E-state index contributed by atoms with van der Waals surface area (Å²) in [5.74, 6) is 0.700. The summed E-state index contributed by atoms with van der Waals surface area (Å²) in [6.45, 7) is 3.90. The molecule has 1 fully saturated rings. The lowest BCUT2D eigenvalue weighted by molar-refractivity contribution is -0.274. The molecule has 0 saturated heterocycles. The van der Waals surface area contributed by atoms with Gasteiger partial charge in [-0.2, -0.15) is 0 Å². The monoisotopic (exact) mass is 287 g/mol. The second kappa shape index (κ2) is 6.48. The molecule has 1 saturated carbocycles. The fraction of sp³-hybridized carbons (Fsp3) is 0.600. The van der Waals surface area contributed by atoms with Crippen LogP contribution in [0.1, 0.15) is 37.7 Å². The summed E-state index contributed by atoms with van der Waals surface area (Å²) >= 11 is 0. The molecule has 2 rings (SSSR count). The van der Waals surface area contributed by atoms with Gasteiger partial charge in [-0.25, -0.2) is 0 Å². The van der Waals surface area contributed by atoms with Gasteiger partial charge < -0.3 is 10.1 Å². The summed E-state index contributed by atoms with van der Waals surface area (Å²) in [4.78, 5) is 0. The maximum atomic E-state index is 12.3. The molecule has 0 spiro atoms. The molecule has 1 aromatic carbocycles. The second-order valence-corrected chi connectivity index (χ2v) is 5.23. The SMILES string of the molecule is CCNCC1CCCC1c1cccc(OC(F)(F)F)c1. The topological polar surface area (TPSA) is 21.3 Å². The van der Waals surface area contributed by atoms with E-state index in [-0.39, 0.29) is 5.75 Å². The molecule has 2 unspecified atom stereocenters. The molecule has 0 bridgehead atoms. The smallest absolute Gasteiger partial charge is 0.406 e. The first-order valence-electron chi connectivity index (χ1n) is 7.06. The van der Waals surface area contributed by atoms with Crippen LogP contribution in [0.5, 0.6) is 5.75 Å². The third-order valence-electron chi connectivity index (χ3n) is 3.84. The molecule has 0 heterocycles. The highest BCUT2D eigenvalue weighted by atomic mass is 19.4. The minimum Gasteiger partial charge on any atom is -0.406 e. The molecule has 1 aromatic rings. The van der Waals surface area contributed by atoms with Crippen LogP contribution in [0.3, 0.4) is 0 Å². The highest BCUT2D eigenvalue weighted by Crippen LogP contribution is 2.40. The fourth-order valence-electron chi connectivity index (χ4n) is 2.99. The molecule has 20 heavy (non-hydrogen) atoms. The Hall–Kier alpha value is -1.23. The summed E-state index contributed by atoms with van der Waals surface area (Å²) < 4.78 is 40.8. The van der Waals surface area contributed by atoms with E-state index in [1.165, 1.54) is 12.1 Å². The Morgan fingerprint density at radius 3 is 2.80 bits per heavy atom. The Labute approximate surface area is 117 Å². The number of rotatable bonds is 5. The molecule has 2 nitrogen and oxygen atoms in total. The van der Waals surface area contributed by atoms with Crippen molar-refractivity contribution >= 4 is 0 Å². The summed E-state index contributed by atoms with van der Waals surface area (Å²) in [5, 5.41) is 3.33. The van der Waals surface area contributed by atoms with Crippen LogP contribution in [-0.4, -0.2) is 19.5 Å². The summed E-state index contributed by atoms with van der Waals surface area (Å²) in [6.07, 6.45) is -1.34. The first-order chi connectivity index (χ1) is 9.49. The zero-order valence-electron chi connectivity index (χ0n) is 11.5. The zero-order valence-corrected chi connectivity index (χ0v) is 11.5. The molecule has 5 heteroatoms. The normalized spacial score (nSPS) is 23.0. The number of hydrogen-bond acceptors (Lipinski definition) is 2. The van der Waals surface area contributed by atoms with Gasteiger partial charge in [0.2, 0.25) is 0 Å². The molecule has 1 aliphatic rings. The zero-order chi connectivity index (χ0) is 14.6. The van der Waals surface area contributed by atoms with Gasteiger partial charge in [0, 0.05) is 0 Å². The van der Waals surface area contributed by atoms with Gasteiger partial charge in [-0.1, -0.05) is 25.5 Å². The third-order valence-corrected chi connectivity index (χ3v) is 3.84. The number of alkyl halides is 3. The van der Waals surface area contributed by atoms with Gasteiger partial charge >= 0.3 is 6.36 Å². The van der Waals surface area contributed by atoms with E-state index in [1.807, 2.05) is 6.07 Å². The maximum Gasteiger partial charge on any atom is 0.573 e. The first-order valence-corrected chi connectivity index (χ1v) is 7.06. The van der Waals surface area contributed by atoms with Gasteiger partial charge in [0.05, 0.1) is 0 Å². The van der Waals surface area contributed by atoms with Crippen LogP contribution in [-0.2, 0) is 0 Å². The Balaban J connectivity index is 2.09. The Kier molecular flexibility index (Phi) is 4.91. The number of benzene rings is 1. The molecule has 2 atom stereocenters. The van der Waals surface area contributed by atoms with E-state index < -0.39 is 6.36 Å². The molecule has 0 aromatic heterocycles. The lowest BCUT2D eigenvalue weighted by Crippen LogP contribution is -2.24. The number of hydrogen-bond donors (Lipinski definition) is 1. The van der Waals surface area contributed by atoms with Gasteiger partial charge in [0.15, 0.2) is 0 Å². The highest BCUT2D eigenvalue weighted by Gasteiger charge is 2.32. The number of nitrogens with one attached hydrogen (secondary N) is 1. The maximum absolute atomic E-state index is 12.3. The van der Waals surface area contributed by atoms with Gasteiger partial charge in [-0.05, 0) is 55.5 Å². The second-order valence-electron chi connectivity index (χ2n) is 5.23. The lowest BCUT2D eigenvalue weighted by Gasteiger charge is -2.21. The molecule has 0 amide bonds. The van der Waals surface area contributed by atoms with E-state index in [4.69, 9.17) is 0 Å². The van der Waals surface area contributed by atoms with Crippen molar-refractivity contribution < 1.29 is 17.9 Å². The van der Waals surface area contributed by atoms with Crippen LogP contribution in [0.2, 0.25) is 0 Å². The van der Waals surface area contributed by atoms with Crippen LogP contribution >= 0.6 is 0 Å². The Bertz CT molecular complexity index is 433. The van der Waals surface area contributed by atoms with Crippen molar-refractivity contribution in [2.45, 2.75) is 38.5 Å². The van der Waals surface area contributed by atoms with Crippen molar-refractivity contribution in [3.63, 3.8) is 0 Å². The molecule has 1 aliphatic carbocycles. The van der Waals surface area contributed by atoms with Crippen LogP contribution in [0, 0.1) is 5.92 Å². The minimum absolute atomic E-state index is 0.121. The highest BCUT2D eigenvalue weighted by molar-refractivity contribution is 5.32. The standard InChI is InChI=1S/C15H20F3NO/c1-2-19-10-12-6-4-8-14(12)11-5-3-7-13(9-11)20-15(16,17)18/h3,5,7,9,12,14,19H,2,4,6,8,10H2,1H3. The van der Waals surface area contributed by atoms with Gasteiger partial charge in [-0.15, -0.1) is 13.2 Å². The van der Waals surface area contributed by atoms with E-state index in [0.29, 0.717) is 11.8 Å². The predicted octanol–water partition coefficient (Wildman–Crippen LogP) is 4.08. The molecule has 0 radical (unpaired) electrons. The molecule has 112 valence electrons. The number of ether oxygens (including phenoxy) is 1. The van der Waals surface area contributed by atoms with E-state index in [9.17, 15) is 13.2 Å². The van der Waals surface area contributed by atoms with Crippen molar-refractivity contribution in [1.29, 1.82) is 0 Å². The van der Waals surface area contributed by atoms with Crippen LogP contribution < -0.4 is 10.1 Å². The van der Waals surface area contributed by atoms with E-state index in [1.54, 1.807) is 6.07 Å².